The van der Waals surface area contributed by atoms with Crippen molar-refractivity contribution in [3.8, 4) is 16.5 Å². The number of ether oxygens (including phenoxy) is 1. The molecule has 0 bridgehead atoms. The van der Waals surface area contributed by atoms with E-state index in [9.17, 15) is 0 Å². The summed E-state index contributed by atoms with van der Waals surface area (Å²) >= 11 is 1.62. The third-order valence-electron chi connectivity index (χ3n) is 2.62. The fraction of sp³-hybridized carbons (Fsp3) is 0.308. The van der Waals surface area contributed by atoms with Gasteiger partial charge in [-0.25, -0.2) is 9.97 Å². The quantitative estimate of drug-likeness (QED) is 0.737. The molecule has 3 heterocycles. The molecule has 5 nitrogen and oxygen atoms in total. The highest BCUT2D eigenvalue weighted by Gasteiger charge is 2.16. The number of rotatable bonds is 3. The summed E-state index contributed by atoms with van der Waals surface area (Å²) in [7, 11) is 1.90. The maximum absolute atomic E-state index is 5.79. The topological polar surface area (TPSA) is 52.8 Å². The Morgan fingerprint density at radius 3 is 2.84 bits per heavy atom. The molecule has 0 atom stereocenters. The molecular weight excluding hydrogens is 260 g/mol. The second-order valence-corrected chi connectivity index (χ2v) is 5.47. The Bertz CT molecular complexity index is 703. The van der Waals surface area contributed by atoms with Crippen molar-refractivity contribution >= 4 is 22.6 Å². The normalized spacial score (nSPS) is 11.4. The zero-order valence-electron chi connectivity index (χ0n) is 11.0. The van der Waals surface area contributed by atoms with Crippen molar-refractivity contribution in [3.05, 3.63) is 23.8 Å². The summed E-state index contributed by atoms with van der Waals surface area (Å²) in [5, 5.41) is 2.01. The Balaban J connectivity index is 2.22. The average Bonchev–Trinajstić information content (AvgIpc) is 2.99. The summed E-state index contributed by atoms with van der Waals surface area (Å²) in [5.41, 5.74) is 2.13. The Hall–Kier alpha value is -1.95. The first-order valence-electron chi connectivity index (χ1n) is 6.04. The molecule has 3 aromatic heterocycles. The molecule has 0 unspecified atom stereocenters. The van der Waals surface area contributed by atoms with Crippen LogP contribution in [-0.2, 0) is 7.05 Å². The maximum atomic E-state index is 5.79. The first-order valence-corrected chi connectivity index (χ1v) is 6.92. The molecule has 0 aliphatic rings. The summed E-state index contributed by atoms with van der Waals surface area (Å²) in [4.78, 5) is 14.4. The van der Waals surface area contributed by atoms with Gasteiger partial charge in [0.25, 0.3) is 0 Å². The van der Waals surface area contributed by atoms with Crippen LogP contribution < -0.4 is 4.74 Å². The van der Waals surface area contributed by atoms with Gasteiger partial charge < -0.3 is 9.30 Å². The van der Waals surface area contributed by atoms with Gasteiger partial charge in [-0.3, -0.25) is 0 Å². The van der Waals surface area contributed by atoms with Crippen LogP contribution in [0.15, 0.2) is 23.8 Å². The van der Waals surface area contributed by atoms with Gasteiger partial charge in [-0.15, -0.1) is 11.3 Å². The van der Waals surface area contributed by atoms with Gasteiger partial charge in [0.1, 0.15) is 5.69 Å². The minimum atomic E-state index is 0.0543. The third-order valence-corrected chi connectivity index (χ3v) is 3.49. The van der Waals surface area contributed by atoms with Crippen molar-refractivity contribution in [1.29, 1.82) is 0 Å². The van der Waals surface area contributed by atoms with E-state index in [1.807, 2.05) is 43.0 Å². The summed E-state index contributed by atoms with van der Waals surface area (Å²) in [6, 6.07) is 4.00. The molecule has 0 spiro atoms. The molecule has 0 fully saturated rings. The van der Waals surface area contributed by atoms with E-state index in [2.05, 4.69) is 15.0 Å². The maximum Gasteiger partial charge on any atom is 0.243 e. The number of imidazole rings is 1. The molecule has 19 heavy (non-hydrogen) atoms. The molecule has 0 aromatic carbocycles. The van der Waals surface area contributed by atoms with Gasteiger partial charge in [0.05, 0.1) is 17.3 Å². The molecule has 3 rings (SSSR count). The Morgan fingerprint density at radius 2 is 2.16 bits per heavy atom. The highest BCUT2D eigenvalue weighted by Crippen LogP contribution is 2.31. The average molecular weight is 274 g/mol. The summed E-state index contributed by atoms with van der Waals surface area (Å²) in [5.74, 6) is 0.563. The third kappa shape index (κ3) is 2.19. The van der Waals surface area contributed by atoms with Crippen LogP contribution in [0.5, 0.6) is 5.88 Å². The molecular formula is C13H14N4OS. The number of hydrogen-bond donors (Lipinski definition) is 0. The van der Waals surface area contributed by atoms with E-state index in [-0.39, 0.29) is 6.10 Å². The first-order chi connectivity index (χ1) is 9.15. The van der Waals surface area contributed by atoms with Crippen molar-refractivity contribution in [3.63, 3.8) is 0 Å². The number of nitrogens with zero attached hydrogens (tertiary/aromatic N) is 4. The molecule has 0 aliphatic carbocycles. The lowest BCUT2D eigenvalue weighted by Crippen LogP contribution is -2.09. The number of hydrogen-bond acceptors (Lipinski definition) is 5. The predicted molar refractivity (Wildman–Crippen MR) is 75.4 cm³/mol. The summed E-state index contributed by atoms with van der Waals surface area (Å²) in [6.07, 6.45) is 1.76. The lowest BCUT2D eigenvalue weighted by Gasteiger charge is -2.11. The van der Waals surface area contributed by atoms with Gasteiger partial charge in [-0.1, -0.05) is 6.07 Å². The van der Waals surface area contributed by atoms with Crippen molar-refractivity contribution in [2.75, 3.05) is 0 Å². The fourth-order valence-electron chi connectivity index (χ4n) is 1.80. The van der Waals surface area contributed by atoms with Gasteiger partial charge in [-0.2, -0.15) is 4.98 Å². The summed E-state index contributed by atoms with van der Waals surface area (Å²) in [6.45, 7) is 3.96. The summed E-state index contributed by atoms with van der Waals surface area (Å²) < 4.78 is 7.63. The number of aromatic nitrogens is 4. The monoisotopic (exact) mass is 274 g/mol. The van der Waals surface area contributed by atoms with Gasteiger partial charge >= 0.3 is 0 Å². The van der Waals surface area contributed by atoms with Gasteiger partial charge in [-0.05, 0) is 25.3 Å². The van der Waals surface area contributed by atoms with E-state index < -0.39 is 0 Å². The Labute approximate surface area is 114 Å². The minimum absolute atomic E-state index is 0.0543. The van der Waals surface area contributed by atoms with E-state index >= 15 is 0 Å². The van der Waals surface area contributed by atoms with E-state index in [1.165, 1.54) is 0 Å². The molecule has 98 valence electrons. The largest absolute Gasteiger partial charge is 0.473 e. The molecule has 3 aromatic rings. The molecule has 0 radical (unpaired) electrons. The first kappa shape index (κ1) is 12.1. The second-order valence-electron chi connectivity index (χ2n) is 4.52. The Kier molecular flexibility index (Phi) is 2.94. The SMILES string of the molecule is CC(C)Oc1nc2c(ncn2C)nc1-c1cccs1. The van der Waals surface area contributed by atoms with E-state index in [1.54, 1.807) is 17.7 Å². The van der Waals surface area contributed by atoms with Crippen LogP contribution in [0.2, 0.25) is 0 Å². The number of fused-ring (bicyclic) bond motifs is 1. The lowest BCUT2D eigenvalue weighted by molar-refractivity contribution is 0.233. The minimum Gasteiger partial charge on any atom is -0.473 e. The van der Waals surface area contributed by atoms with E-state index in [0.29, 0.717) is 11.5 Å². The van der Waals surface area contributed by atoms with Gasteiger partial charge in [0.15, 0.2) is 11.3 Å². The van der Waals surface area contributed by atoms with Crippen LogP contribution in [0.25, 0.3) is 21.9 Å². The molecule has 0 amide bonds. The van der Waals surface area contributed by atoms with Crippen molar-refractivity contribution < 1.29 is 4.74 Å². The Morgan fingerprint density at radius 1 is 1.32 bits per heavy atom. The molecule has 0 saturated heterocycles. The van der Waals surface area contributed by atoms with Crippen molar-refractivity contribution in [1.82, 2.24) is 19.5 Å². The van der Waals surface area contributed by atoms with Gasteiger partial charge in [0.2, 0.25) is 5.88 Å². The van der Waals surface area contributed by atoms with Crippen molar-refractivity contribution in [2.24, 2.45) is 7.05 Å². The number of thiophene rings is 1. The van der Waals surface area contributed by atoms with Crippen LogP contribution in [0.4, 0.5) is 0 Å². The van der Waals surface area contributed by atoms with Gasteiger partial charge in [0, 0.05) is 7.05 Å². The van der Waals surface area contributed by atoms with Crippen molar-refractivity contribution in [2.45, 2.75) is 20.0 Å². The lowest BCUT2D eigenvalue weighted by atomic mass is 10.3. The highest BCUT2D eigenvalue weighted by atomic mass is 32.1. The standard InChI is InChI=1S/C13H14N4OS/c1-8(2)18-13-10(9-5-4-6-19-9)15-11-12(16-13)17(3)7-14-11/h4-8H,1-3H3. The van der Waals surface area contributed by atoms with E-state index in [0.717, 1.165) is 16.2 Å². The fourth-order valence-corrected chi connectivity index (χ4v) is 2.51. The molecule has 0 N–H and O–H groups in total. The van der Waals surface area contributed by atoms with Crippen LogP contribution >= 0.6 is 11.3 Å². The van der Waals surface area contributed by atoms with Crippen LogP contribution in [0.1, 0.15) is 13.8 Å². The smallest absolute Gasteiger partial charge is 0.243 e. The highest BCUT2D eigenvalue weighted by molar-refractivity contribution is 7.13. The van der Waals surface area contributed by atoms with Crippen LogP contribution in [0, 0.1) is 0 Å². The molecule has 0 aliphatic heterocycles. The molecule has 0 saturated carbocycles. The predicted octanol–water partition coefficient (Wildman–Crippen LogP) is 2.88. The second kappa shape index (κ2) is 4.62. The zero-order chi connectivity index (χ0) is 13.4. The van der Waals surface area contributed by atoms with Crippen LogP contribution in [-0.4, -0.2) is 25.6 Å². The number of aryl methyl sites for hydroxylation is 1. The molecule has 6 heteroatoms. The van der Waals surface area contributed by atoms with Crippen LogP contribution in [0.3, 0.4) is 0 Å². The zero-order valence-corrected chi connectivity index (χ0v) is 11.8. The van der Waals surface area contributed by atoms with E-state index in [4.69, 9.17) is 4.74 Å².